The van der Waals surface area contributed by atoms with Crippen LogP contribution in [0.15, 0.2) is 48.5 Å². The molecule has 0 amide bonds. The molecule has 3 nitrogen and oxygen atoms in total. The minimum atomic E-state index is -0.319. The zero-order valence-corrected chi connectivity index (χ0v) is 12.8. The highest BCUT2D eigenvalue weighted by Gasteiger charge is 2.26. The summed E-state index contributed by atoms with van der Waals surface area (Å²) in [5, 5.41) is 9.87. The molecule has 0 saturated carbocycles. The van der Waals surface area contributed by atoms with E-state index in [9.17, 15) is 5.11 Å². The van der Waals surface area contributed by atoms with Crippen molar-refractivity contribution in [2.75, 3.05) is 20.8 Å². The predicted molar refractivity (Wildman–Crippen MR) is 84.1 cm³/mol. The molecule has 2 rings (SSSR count). The van der Waals surface area contributed by atoms with Crippen LogP contribution in [0.5, 0.6) is 11.5 Å². The number of aliphatic hydroxyl groups excluding tert-OH is 1. The molecule has 0 aliphatic rings. The van der Waals surface area contributed by atoms with Gasteiger partial charge in [-0.1, -0.05) is 31.2 Å². The van der Waals surface area contributed by atoms with Crippen LogP contribution in [-0.2, 0) is 11.8 Å². The van der Waals surface area contributed by atoms with Gasteiger partial charge in [0.25, 0.3) is 0 Å². The molecule has 0 radical (unpaired) electrons. The van der Waals surface area contributed by atoms with Crippen molar-refractivity contribution >= 4 is 0 Å². The van der Waals surface area contributed by atoms with Gasteiger partial charge in [0.1, 0.15) is 11.5 Å². The Hall–Kier alpha value is -2.00. The molecule has 0 aliphatic heterocycles. The lowest BCUT2D eigenvalue weighted by molar-refractivity contribution is 0.204. The zero-order valence-electron chi connectivity index (χ0n) is 12.8. The molecule has 1 unspecified atom stereocenters. The Bertz CT molecular complexity index is 560. The summed E-state index contributed by atoms with van der Waals surface area (Å²) < 4.78 is 10.4. The fraction of sp³-hybridized carbons (Fsp3) is 0.333. The van der Waals surface area contributed by atoms with Gasteiger partial charge in [0.2, 0.25) is 0 Å². The van der Waals surface area contributed by atoms with E-state index in [1.54, 1.807) is 14.2 Å². The molecule has 2 aromatic carbocycles. The van der Waals surface area contributed by atoms with Gasteiger partial charge in [-0.15, -0.1) is 0 Å². The Morgan fingerprint density at radius 1 is 0.857 bits per heavy atom. The normalized spacial score (nSPS) is 13.5. The Balaban J connectivity index is 2.22. The first-order valence-electron chi connectivity index (χ1n) is 6.99. The monoisotopic (exact) mass is 286 g/mol. The van der Waals surface area contributed by atoms with Crippen molar-refractivity contribution in [3.05, 3.63) is 59.7 Å². The first-order valence-corrected chi connectivity index (χ1v) is 6.99. The molecule has 0 aromatic heterocycles. The van der Waals surface area contributed by atoms with Crippen molar-refractivity contribution in [2.45, 2.75) is 18.8 Å². The summed E-state index contributed by atoms with van der Waals surface area (Å²) in [5.74, 6) is 1.66. The second-order valence-electron chi connectivity index (χ2n) is 5.47. The molecule has 21 heavy (non-hydrogen) atoms. The Labute approximate surface area is 126 Å². The third-order valence-electron chi connectivity index (χ3n) is 3.89. The van der Waals surface area contributed by atoms with Crippen molar-refractivity contribution in [2.24, 2.45) is 0 Å². The van der Waals surface area contributed by atoms with Gasteiger partial charge in [-0.2, -0.15) is 0 Å². The molecule has 3 heteroatoms. The molecule has 1 N–H and O–H groups in total. The molecule has 0 aliphatic carbocycles. The summed E-state index contributed by atoms with van der Waals surface area (Å²) >= 11 is 0. The molecular formula is C18H22O3. The minimum Gasteiger partial charge on any atom is -0.497 e. The lowest BCUT2D eigenvalue weighted by Crippen LogP contribution is -2.29. The van der Waals surface area contributed by atoms with E-state index in [1.807, 2.05) is 48.5 Å². The number of methoxy groups -OCH3 is 2. The van der Waals surface area contributed by atoms with E-state index in [1.165, 1.54) is 5.56 Å². The maximum Gasteiger partial charge on any atom is 0.118 e. The fourth-order valence-corrected chi connectivity index (χ4v) is 2.44. The van der Waals surface area contributed by atoms with Crippen molar-refractivity contribution in [1.29, 1.82) is 0 Å². The van der Waals surface area contributed by atoms with E-state index < -0.39 is 0 Å². The second-order valence-corrected chi connectivity index (χ2v) is 5.47. The summed E-state index contributed by atoms with van der Waals surface area (Å²) in [4.78, 5) is 0. The highest BCUT2D eigenvalue weighted by atomic mass is 16.5. The number of benzene rings is 2. The summed E-state index contributed by atoms with van der Waals surface area (Å²) in [7, 11) is 3.31. The molecule has 0 saturated heterocycles. The lowest BCUT2D eigenvalue weighted by atomic mass is 9.78. The van der Waals surface area contributed by atoms with Gasteiger partial charge in [0.15, 0.2) is 0 Å². The van der Waals surface area contributed by atoms with E-state index in [4.69, 9.17) is 9.47 Å². The SMILES string of the molecule is COc1ccc(CC(C)(CO)c2ccc(OC)cc2)cc1. The van der Waals surface area contributed by atoms with Crippen LogP contribution >= 0.6 is 0 Å². The van der Waals surface area contributed by atoms with Crippen molar-refractivity contribution in [3.8, 4) is 11.5 Å². The third kappa shape index (κ3) is 3.56. The molecule has 0 fully saturated rings. The van der Waals surface area contributed by atoms with Crippen LogP contribution in [0.2, 0.25) is 0 Å². The van der Waals surface area contributed by atoms with Crippen molar-refractivity contribution < 1.29 is 14.6 Å². The van der Waals surface area contributed by atoms with Crippen LogP contribution < -0.4 is 9.47 Å². The van der Waals surface area contributed by atoms with Gasteiger partial charge < -0.3 is 14.6 Å². The maximum absolute atomic E-state index is 9.87. The highest BCUT2D eigenvalue weighted by molar-refractivity contribution is 5.35. The van der Waals surface area contributed by atoms with Crippen LogP contribution in [-0.4, -0.2) is 25.9 Å². The standard InChI is InChI=1S/C18H22O3/c1-18(13-19,15-6-10-17(21-3)11-7-15)12-14-4-8-16(20-2)9-5-14/h4-11,19H,12-13H2,1-3H3. The highest BCUT2D eigenvalue weighted by Crippen LogP contribution is 2.29. The van der Waals surface area contributed by atoms with E-state index in [-0.39, 0.29) is 12.0 Å². The fourth-order valence-electron chi connectivity index (χ4n) is 2.44. The first-order chi connectivity index (χ1) is 10.1. The summed E-state index contributed by atoms with van der Waals surface area (Å²) in [6, 6.07) is 15.8. The molecular weight excluding hydrogens is 264 g/mol. The topological polar surface area (TPSA) is 38.7 Å². The molecule has 112 valence electrons. The molecule has 0 spiro atoms. The lowest BCUT2D eigenvalue weighted by Gasteiger charge is -2.28. The molecule has 2 aromatic rings. The largest absolute Gasteiger partial charge is 0.497 e. The Kier molecular flexibility index (Phi) is 4.86. The van der Waals surface area contributed by atoms with Crippen molar-refractivity contribution in [3.63, 3.8) is 0 Å². The van der Waals surface area contributed by atoms with Gasteiger partial charge in [0.05, 0.1) is 20.8 Å². The van der Waals surface area contributed by atoms with E-state index in [0.717, 1.165) is 23.5 Å². The number of ether oxygens (including phenoxy) is 2. The summed E-state index contributed by atoms with van der Waals surface area (Å²) in [6.45, 7) is 2.16. The Morgan fingerprint density at radius 2 is 1.33 bits per heavy atom. The van der Waals surface area contributed by atoms with Gasteiger partial charge in [-0.05, 0) is 41.8 Å². The number of hydrogen-bond donors (Lipinski definition) is 1. The predicted octanol–water partition coefficient (Wildman–Crippen LogP) is 3.20. The van der Waals surface area contributed by atoms with Crippen LogP contribution in [0.4, 0.5) is 0 Å². The smallest absolute Gasteiger partial charge is 0.118 e. The average Bonchev–Trinajstić information content (AvgIpc) is 2.55. The minimum absolute atomic E-state index is 0.0886. The number of aliphatic hydroxyl groups is 1. The molecule has 0 heterocycles. The van der Waals surface area contributed by atoms with Crippen LogP contribution in [0.3, 0.4) is 0 Å². The molecule has 0 bridgehead atoms. The van der Waals surface area contributed by atoms with E-state index in [0.29, 0.717) is 0 Å². The second kappa shape index (κ2) is 6.64. The zero-order chi connectivity index (χ0) is 15.3. The van der Waals surface area contributed by atoms with Gasteiger partial charge >= 0.3 is 0 Å². The average molecular weight is 286 g/mol. The van der Waals surface area contributed by atoms with Gasteiger partial charge in [0, 0.05) is 5.41 Å². The maximum atomic E-state index is 9.87. The quantitative estimate of drug-likeness (QED) is 0.886. The van der Waals surface area contributed by atoms with Crippen LogP contribution in [0, 0.1) is 0 Å². The van der Waals surface area contributed by atoms with Crippen LogP contribution in [0.25, 0.3) is 0 Å². The first kappa shape index (κ1) is 15.4. The van der Waals surface area contributed by atoms with E-state index >= 15 is 0 Å². The van der Waals surface area contributed by atoms with Gasteiger partial charge in [-0.25, -0.2) is 0 Å². The number of hydrogen-bond acceptors (Lipinski definition) is 3. The van der Waals surface area contributed by atoms with Crippen molar-refractivity contribution in [1.82, 2.24) is 0 Å². The van der Waals surface area contributed by atoms with Gasteiger partial charge in [-0.3, -0.25) is 0 Å². The molecule has 1 atom stereocenters. The summed E-state index contributed by atoms with van der Waals surface area (Å²) in [6.07, 6.45) is 0.764. The number of rotatable bonds is 6. The summed E-state index contributed by atoms with van der Waals surface area (Å²) in [5.41, 5.74) is 1.95. The Morgan fingerprint density at radius 3 is 1.76 bits per heavy atom. The van der Waals surface area contributed by atoms with Crippen LogP contribution in [0.1, 0.15) is 18.1 Å². The van der Waals surface area contributed by atoms with E-state index in [2.05, 4.69) is 6.92 Å². The third-order valence-corrected chi connectivity index (χ3v) is 3.89.